The molecule has 3 nitrogen and oxygen atoms in total. The standard InChI is InChI=1S/C15H22N2O/c1-4-16(5-2)15(18)17-11-10-13-8-6-7-9-14(13)12(17)3/h6-9,12H,4-5,10-11H2,1-3H3. The van der Waals surface area contributed by atoms with Crippen LogP contribution >= 0.6 is 0 Å². The van der Waals surface area contributed by atoms with E-state index in [4.69, 9.17) is 0 Å². The maximum absolute atomic E-state index is 12.4. The Morgan fingerprint density at radius 2 is 2.00 bits per heavy atom. The van der Waals surface area contributed by atoms with E-state index < -0.39 is 0 Å². The van der Waals surface area contributed by atoms with Crippen LogP contribution in [-0.4, -0.2) is 35.5 Å². The zero-order valence-electron chi connectivity index (χ0n) is 11.5. The van der Waals surface area contributed by atoms with E-state index in [-0.39, 0.29) is 12.1 Å². The van der Waals surface area contributed by atoms with E-state index in [1.807, 2.05) is 23.6 Å². The summed E-state index contributed by atoms with van der Waals surface area (Å²) in [6, 6.07) is 8.80. The molecule has 0 saturated heterocycles. The predicted octanol–water partition coefficient (Wildman–Crippen LogP) is 3.07. The molecule has 0 fully saturated rings. The Morgan fingerprint density at radius 3 is 2.67 bits per heavy atom. The van der Waals surface area contributed by atoms with Crippen molar-refractivity contribution in [1.82, 2.24) is 9.80 Å². The molecular weight excluding hydrogens is 224 g/mol. The first-order chi connectivity index (χ1) is 8.69. The lowest BCUT2D eigenvalue weighted by atomic mass is 9.94. The van der Waals surface area contributed by atoms with E-state index in [1.165, 1.54) is 11.1 Å². The van der Waals surface area contributed by atoms with Gasteiger partial charge in [-0.25, -0.2) is 4.79 Å². The summed E-state index contributed by atoms with van der Waals surface area (Å²) in [5, 5.41) is 0. The lowest BCUT2D eigenvalue weighted by Crippen LogP contribution is -2.46. The van der Waals surface area contributed by atoms with Crippen molar-refractivity contribution in [2.45, 2.75) is 33.2 Å². The van der Waals surface area contributed by atoms with Gasteiger partial charge in [-0.15, -0.1) is 0 Å². The minimum Gasteiger partial charge on any atom is -0.325 e. The first-order valence-electron chi connectivity index (χ1n) is 6.82. The van der Waals surface area contributed by atoms with E-state index in [2.05, 4.69) is 31.2 Å². The monoisotopic (exact) mass is 246 g/mol. The molecule has 1 unspecified atom stereocenters. The van der Waals surface area contributed by atoms with Crippen molar-refractivity contribution in [3.05, 3.63) is 35.4 Å². The van der Waals surface area contributed by atoms with Crippen LogP contribution in [0.3, 0.4) is 0 Å². The Morgan fingerprint density at radius 1 is 1.33 bits per heavy atom. The zero-order chi connectivity index (χ0) is 13.1. The Hall–Kier alpha value is -1.51. The number of urea groups is 1. The molecule has 3 heteroatoms. The van der Waals surface area contributed by atoms with E-state index in [0.29, 0.717) is 0 Å². The highest BCUT2D eigenvalue weighted by Crippen LogP contribution is 2.29. The topological polar surface area (TPSA) is 23.6 Å². The molecule has 0 N–H and O–H groups in total. The highest BCUT2D eigenvalue weighted by atomic mass is 16.2. The lowest BCUT2D eigenvalue weighted by Gasteiger charge is -2.38. The molecule has 2 rings (SSSR count). The number of nitrogens with zero attached hydrogens (tertiary/aromatic N) is 2. The van der Waals surface area contributed by atoms with Crippen LogP contribution in [0, 0.1) is 0 Å². The normalized spacial score (nSPS) is 18.4. The maximum Gasteiger partial charge on any atom is 0.320 e. The summed E-state index contributed by atoms with van der Waals surface area (Å²) in [6.07, 6.45) is 0.966. The predicted molar refractivity (Wildman–Crippen MR) is 73.6 cm³/mol. The van der Waals surface area contributed by atoms with E-state index in [9.17, 15) is 4.79 Å². The third-order valence-electron chi connectivity index (χ3n) is 3.87. The second-order valence-corrected chi connectivity index (χ2v) is 4.77. The van der Waals surface area contributed by atoms with Gasteiger partial charge in [0.1, 0.15) is 0 Å². The molecule has 0 bridgehead atoms. The number of rotatable bonds is 2. The molecule has 1 aliphatic heterocycles. The quantitative estimate of drug-likeness (QED) is 0.786. The molecule has 1 atom stereocenters. The van der Waals surface area contributed by atoms with Crippen LogP contribution in [0.2, 0.25) is 0 Å². The van der Waals surface area contributed by atoms with Crippen molar-refractivity contribution in [2.75, 3.05) is 19.6 Å². The first-order valence-corrected chi connectivity index (χ1v) is 6.82. The van der Waals surface area contributed by atoms with Gasteiger partial charge in [-0.2, -0.15) is 0 Å². The zero-order valence-corrected chi connectivity index (χ0v) is 11.5. The molecule has 1 heterocycles. The van der Waals surface area contributed by atoms with Crippen LogP contribution in [0.25, 0.3) is 0 Å². The fraction of sp³-hybridized carbons (Fsp3) is 0.533. The second kappa shape index (κ2) is 5.42. The van der Waals surface area contributed by atoms with Gasteiger partial charge in [0, 0.05) is 19.6 Å². The van der Waals surface area contributed by atoms with Gasteiger partial charge in [0.05, 0.1) is 6.04 Å². The van der Waals surface area contributed by atoms with Gasteiger partial charge < -0.3 is 9.80 Å². The number of carbonyl (C=O) groups is 1. The van der Waals surface area contributed by atoms with Crippen LogP contribution < -0.4 is 0 Å². The number of benzene rings is 1. The van der Waals surface area contributed by atoms with E-state index in [1.54, 1.807) is 0 Å². The molecule has 18 heavy (non-hydrogen) atoms. The molecule has 0 saturated carbocycles. The molecule has 0 aliphatic carbocycles. The van der Waals surface area contributed by atoms with Gasteiger partial charge in [0.25, 0.3) is 0 Å². The van der Waals surface area contributed by atoms with Crippen molar-refractivity contribution < 1.29 is 4.79 Å². The van der Waals surface area contributed by atoms with Gasteiger partial charge in [-0.3, -0.25) is 0 Å². The van der Waals surface area contributed by atoms with Crippen LogP contribution in [0.15, 0.2) is 24.3 Å². The summed E-state index contributed by atoms with van der Waals surface area (Å²) in [5.41, 5.74) is 2.68. The van der Waals surface area contributed by atoms with E-state index >= 15 is 0 Å². The maximum atomic E-state index is 12.4. The summed E-state index contributed by atoms with van der Waals surface area (Å²) >= 11 is 0. The van der Waals surface area contributed by atoms with Crippen molar-refractivity contribution >= 4 is 6.03 Å². The van der Waals surface area contributed by atoms with Crippen LogP contribution in [-0.2, 0) is 6.42 Å². The molecule has 98 valence electrons. The second-order valence-electron chi connectivity index (χ2n) is 4.77. The number of amides is 2. The lowest BCUT2D eigenvalue weighted by molar-refractivity contribution is 0.137. The fourth-order valence-electron chi connectivity index (χ4n) is 2.71. The molecule has 1 aromatic carbocycles. The minimum absolute atomic E-state index is 0.169. The fourth-order valence-corrected chi connectivity index (χ4v) is 2.71. The number of hydrogen-bond donors (Lipinski definition) is 0. The highest BCUT2D eigenvalue weighted by Gasteiger charge is 2.29. The number of hydrogen-bond acceptors (Lipinski definition) is 1. The van der Waals surface area contributed by atoms with Gasteiger partial charge >= 0.3 is 6.03 Å². The number of fused-ring (bicyclic) bond motifs is 1. The molecule has 0 radical (unpaired) electrons. The Kier molecular flexibility index (Phi) is 3.90. The molecule has 0 aromatic heterocycles. The molecule has 0 spiro atoms. The average molecular weight is 246 g/mol. The molecule has 2 amide bonds. The molecule has 1 aliphatic rings. The summed E-state index contributed by atoms with van der Waals surface area (Å²) < 4.78 is 0. The molecule has 1 aromatic rings. The van der Waals surface area contributed by atoms with Gasteiger partial charge in [-0.1, -0.05) is 24.3 Å². The third-order valence-corrected chi connectivity index (χ3v) is 3.87. The van der Waals surface area contributed by atoms with E-state index in [0.717, 1.165) is 26.1 Å². The highest BCUT2D eigenvalue weighted by molar-refractivity contribution is 5.75. The largest absolute Gasteiger partial charge is 0.325 e. The van der Waals surface area contributed by atoms with Gasteiger partial charge in [0.2, 0.25) is 0 Å². The smallest absolute Gasteiger partial charge is 0.320 e. The van der Waals surface area contributed by atoms with Crippen LogP contribution in [0.4, 0.5) is 4.79 Å². The Balaban J connectivity index is 2.21. The first kappa shape index (κ1) is 12.9. The molecular formula is C15H22N2O. The van der Waals surface area contributed by atoms with Crippen molar-refractivity contribution in [2.24, 2.45) is 0 Å². The van der Waals surface area contributed by atoms with Crippen molar-refractivity contribution in [3.63, 3.8) is 0 Å². The van der Waals surface area contributed by atoms with Crippen LogP contribution in [0.1, 0.15) is 37.9 Å². The van der Waals surface area contributed by atoms with Gasteiger partial charge in [-0.05, 0) is 38.3 Å². The van der Waals surface area contributed by atoms with Crippen molar-refractivity contribution in [3.8, 4) is 0 Å². The minimum atomic E-state index is 0.169. The average Bonchev–Trinajstić information content (AvgIpc) is 2.40. The summed E-state index contributed by atoms with van der Waals surface area (Å²) in [7, 11) is 0. The Labute approximate surface area is 109 Å². The summed E-state index contributed by atoms with van der Waals surface area (Å²) in [4.78, 5) is 16.3. The summed E-state index contributed by atoms with van der Waals surface area (Å²) in [5.74, 6) is 0. The number of carbonyl (C=O) groups excluding carboxylic acids is 1. The summed E-state index contributed by atoms with van der Waals surface area (Å²) in [6.45, 7) is 8.57. The Bertz CT molecular complexity index is 426. The SMILES string of the molecule is CCN(CC)C(=O)N1CCc2ccccc2C1C. The van der Waals surface area contributed by atoms with Crippen molar-refractivity contribution in [1.29, 1.82) is 0 Å². The van der Waals surface area contributed by atoms with Gasteiger partial charge in [0.15, 0.2) is 0 Å². The van der Waals surface area contributed by atoms with Crippen LogP contribution in [0.5, 0.6) is 0 Å². The third kappa shape index (κ3) is 2.22.